The van der Waals surface area contributed by atoms with E-state index in [-0.39, 0.29) is 34.2 Å². The van der Waals surface area contributed by atoms with Crippen LogP contribution in [0.2, 0.25) is 0 Å². The van der Waals surface area contributed by atoms with Crippen LogP contribution in [0, 0.1) is 17.0 Å². The van der Waals surface area contributed by atoms with Crippen LogP contribution in [0.15, 0.2) is 76.4 Å². The molecular weight excluding hydrogens is 474 g/mol. The number of hydrogen-bond donors (Lipinski definition) is 3. The van der Waals surface area contributed by atoms with Gasteiger partial charge in [0, 0.05) is 28.4 Å². The highest BCUT2D eigenvalue weighted by atomic mass is 32.2. The van der Waals surface area contributed by atoms with Crippen LogP contribution in [-0.2, 0) is 21.2 Å². The van der Waals surface area contributed by atoms with Crippen molar-refractivity contribution in [3.8, 4) is 0 Å². The van der Waals surface area contributed by atoms with E-state index in [0.717, 1.165) is 6.07 Å². The number of amides is 1. The average molecular weight is 494 g/mol. The highest BCUT2D eigenvalue weighted by Crippen LogP contribution is 2.24. The predicted molar refractivity (Wildman–Crippen MR) is 130 cm³/mol. The molecule has 0 atom stereocenters. The Morgan fingerprint density at radius 1 is 1.03 bits per heavy atom. The number of fused-ring (bicyclic) bond motifs is 1. The van der Waals surface area contributed by atoms with Crippen LogP contribution in [0.3, 0.4) is 0 Å². The first-order chi connectivity index (χ1) is 16.6. The van der Waals surface area contributed by atoms with E-state index < -0.39 is 14.9 Å². The summed E-state index contributed by atoms with van der Waals surface area (Å²) in [4.78, 5) is 34.6. The number of anilines is 2. The summed E-state index contributed by atoms with van der Waals surface area (Å²) in [6.07, 6.45) is -0.0854. The van der Waals surface area contributed by atoms with E-state index in [2.05, 4.69) is 20.2 Å². The fraction of sp³-hybridized carbons (Fsp3) is 0.0870. The first-order valence-electron chi connectivity index (χ1n) is 10.3. The summed E-state index contributed by atoms with van der Waals surface area (Å²) in [5, 5.41) is 21.2. The first-order valence-corrected chi connectivity index (χ1v) is 11.8. The highest BCUT2D eigenvalue weighted by Gasteiger charge is 2.20. The molecule has 11 nitrogen and oxygen atoms in total. The Hall–Kier alpha value is -4.58. The Labute approximate surface area is 199 Å². The van der Waals surface area contributed by atoms with Crippen molar-refractivity contribution in [1.29, 1.82) is 0 Å². The van der Waals surface area contributed by atoms with E-state index in [4.69, 9.17) is 0 Å². The van der Waals surface area contributed by atoms with Crippen molar-refractivity contribution >= 4 is 43.8 Å². The van der Waals surface area contributed by atoms with Gasteiger partial charge in [0.2, 0.25) is 5.91 Å². The number of rotatable bonds is 7. The lowest BCUT2D eigenvalue weighted by molar-refractivity contribution is -0.385. The summed E-state index contributed by atoms with van der Waals surface area (Å²) >= 11 is 0. The lowest BCUT2D eigenvalue weighted by atomic mass is 10.1. The molecule has 0 spiro atoms. The molecule has 12 heteroatoms. The van der Waals surface area contributed by atoms with Gasteiger partial charge in [0.1, 0.15) is 0 Å². The molecule has 0 radical (unpaired) electrons. The van der Waals surface area contributed by atoms with Gasteiger partial charge in [-0.1, -0.05) is 24.3 Å². The topological polar surface area (TPSA) is 164 Å². The summed E-state index contributed by atoms with van der Waals surface area (Å²) in [6.45, 7) is 1.52. The summed E-state index contributed by atoms with van der Waals surface area (Å²) in [5.41, 5.74) is 0.740. The van der Waals surface area contributed by atoms with Gasteiger partial charge in [0.25, 0.3) is 21.3 Å². The zero-order valence-corrected chi connectivity index (χ0v) is 19.1. The highest BCUT2D eigenvalue weighted by molar-refractivity contribution is 7.92. The Bertz CT molecular complexity index is 1610. The summed E-state index contributed by atoms with van der Waals surface area (Å²) in [7, 11) is -4.07. The third-order valence-electron chi connectivity index (χ3n) is 5.21. The van der Waals surface area contributed by atoms with Crippen LogP contribution >= 0.6 is 0 Å². The van der Waals surface area contributed by atoms with Crippen LogP contribution < -0.4 is 15.6 Å². The molecule has 0 fully saturated rings. The third-order valence-corrected chi connectivity index (χ3v) is 6.59. The van der Waals surface area contributed by atoms with Gasteiger partial charge in [-0.05, 0) is 43.3 Å². The van der Waals surface area contributed by atoms with Gasteiger partial charge in [-0.3, -0.25) is 24.4 Å². The van der Waals surface area contributed by atoms with E-state index in [1.807, 2.05) is 0 Å². The molecule has 0 unspecified atom stereocenters. The molecule has 0 saturated heterocycles. The van der Waals surface area contributed by atoms with Gasteiger partial charge in [-0.15, -0.1) is 0 Å². The van der Waals surface area contributed by atoms with Crippen molar-refractivity contribution in [2.45, 2.75) is 18.2 Å². The monoisotopic (exact) mass is 493 g/mol. The number of nitro benzene ring substituents is 1. The van der Waals surface area contributed by atoms with E-state index >= 15 is 0 Å². The largest absolute Gasteiger partial charge is 0.326 e. The van der Waals surface area contributed by atoms with Gasteiger partial charge in [0.05, 0.1) is 27.3 Å². The quantitative estimate of drug-likeness (QED) is 0.263. The molecule has 35 heavy (non-hydrogen) atoms. The number of nitro groups is 1. The number of nitrogens with one attached hydrogen (secondary N) is 3. The number of nitrogens with zero attached hydrogens (tertiary/aromatic N) is 2. The number of aromatic amines is 1. The molecule has 1 amide bonds. The zero-order chi connectivity index (χ0) is 25.2. The fourth-order valence-corrected chi connectivity index (χ4v) is 4.53. The SMILES string of the molecule is Cc1ccc(S(=O)(=O)Nc2ccc(NC(=O)Cc3n[nH]c(=O)c4ccccc34)cc2)cc1[N+](=O)[O-]. The van der Waals surface area contributed by atoms with E-state index in [1.165, 1.54) is 43.3 Å². The molecule has 0 bridgehead atoms. The molecule has 3 N–H and O–H groups in total. The molecule has 3 aromatic carbocycles. The maximum absolute atomic E-state index is 12.6. The molecule has 1 aromatic heterocycles. The standard InChI is InChI=1S/C23H19N5O6S/c1-14-6-11-17(12-21(14)28(31)32)35(33,34)27-16-9-7-15(8-10-16)24-22(29)13-20-18-4-2-3-5-19(18)23(30)26-25-20/h2-12,27H,13H2,1H3,(H,24,29)(H,26,30). The van der Waals surface area contributed by atoms with Gasteiger partial charge < -0.3 is 5.32 Å². The Morgan fingerprint density at radius 2 is 1.69 bits per heavy atom. The van der Waals surface area contributed by atoms with Gasteiger partial charge in [0.15, 0.2) is 0 Å². The second-order valence-electron chi connectivity index (χ2n) is 7.66. The van der Waals surface area contributed by atoms with Crippen LogP contribution in [-0.4, -0.2) is 29.4 Å². The maximum atomic E-state index is 12.6. The van der Waals surface area contributed by atoms with Crippen LogP contribution in [0.4, 0.5) is 17.1 Å². The summed E-state index contributed by atoms with van der Waals surface area (Å²) < 4.78 is 27.7. The minimum Gasteiger partial charge on any atom is -0.326 e. The van der Waals surface area contributed by atoms with Crippen molar-refractivity contribution in [1.82, 2.24) is 10.2 Å². The molecule has 0 aliphatic heterocycles. The molecular formula is C23H19N5O6S. The molecule has 4 aromatic rings. The first kappa shape index (κ1) is 23.6. The normalized spacial score (nSPS) is 11.2. The van der Waals surface area contributed by atoms with Crippen LogP contribution in [0.25, 0.3) is 10.8 Å². The second kappa shape index (κ2) is 9.35. The number of carbonyl (C=O) groups is 1. The summed E-state index contributed by atoms with van der Waals surface area (Å²) in [5.74, 6) is -0.380. The van der Waals surface area contributed by atoms with Crippen LogP contribution in [0.5, 0.6) is 0 Å². The molecule has 4 rings (SSSR count). The number of aryl methyl sites for hydroxylation is 1. The van der Waals surface area contributed by atoms with E-state index in [1.54, 1.807) is 24.3 Å². The molecule has 0 aliphatic rings. The average Bonchev–Trinajstić information content (AvgIpc) is 2.82. The number of hydrogen-bond acceptors (Lipinski definition) is 7. The fourth-order valence-electron chi connectivity index (χ4n) is 3.45. The van der Waals surface area contributed by atoms with Crippen molar-refractivity contribution < 1.29 is 18.1 Å². The maximum Gasteiger partial charge on any atom is 0.273 e. The molecule has 1 heterocycles. The number of benzene rings is 3. The summed E-state index contributed by atoms with van der Waals surface area (Å²) in [6, 6.07) is 16.4. The number of sulfonamides is 1. The minimum atomic E-state index is -4.07. The zero-order valence-electron chi connectivity index (χ0n) is 18.3. The van der Waals surface area contributed by atoms with Gasteiger partial charge in [-0.2, -0.15) is 5.10 Å². The Balaban J connectivity index is 1.45. The van der Waals surface area contributed by atoms with Crippen molar-refractivity contribution in [2.24, 2.45) is 0 Å². The Kier molecular flexibility index (Phi) is 6.30. The number of carbonyl (C=O) groups excluding carboxylic acids is 1. The van der Waals surface area contributed by atoms with E-state index in [9.17, 15) is 28.1 Å². The van der Waals surface area contributed by atoms with Crippen molar-refractivity contribution in [3.05, 3.63) is 98.5 Å². The smallest absolute Gasteiger partial charge is 0.273 e. The predicted octanol–water partition coefficient (Wildman–Crippen LogP) is 3.12. The molecule has 0 saturated carbocycles. The van der Waals surface area contributed by atoms with E-state index in [0.29, 0.717) is 27.7 Å². The Morgan fingerprint density at radius 3 is 2.37 bits per heavy atom. The van der Waals surface area contributed by atoms with Gasteiger partial charge >= 0.3 is 0 Å². The lowest BCUT2D eigenvalue weighted by Gasteiger charge is -2.10. The molecule has 0 aliphatic carbocycles. The van der Waals surface area contributed by atoms with Crippen molar-refractivity contribution in [3.63, 3.8) is 0 Å². The molecule has 178 valence electrons. The second-order valence-corrected chi connectivity index (χ2v) is 9.34. The van der Waals surface area contributed by atoms with Crippen molar-refractivity contribution in [2.75, 3.05) is 10.0 Å². The number of H-pyrrole nitrogens is 1. The third kappa shape index (κ3) is 5.17. The number of aromatic nitrogens is 2. The van der Waals surface area contributed by atoms with Gasteiger partial charge in [-0.25, -0.2) is 13.5 Å². The van der Waals surface area contributed by atoms with Crippen LogP contribution in [0.1, 0.15) is 11.3 Å². The minimum absolute atomic E-state index is 0.0854. The lowest BCUT2D eigenvalue weighted by Crippen LogP contribution is -2.18.